The largest absolute Gasteiger partial charge is 0.313 e. The Morgan fingerprint density at radius 2 is 1.95 bits per heavy atom. The highest BCUT2D eigenvalue weighted by molar-refractivity contribution is 9.10. The average Bonchev–Trinajstić information content (AvgIpc) is 2.43. The van der Waals surface area contributed by atoms with E-state index in [1.165, 1.54) is 17.2 Å². The second-order valence-electron chi connectivity index (χ2n) is 4.76. The van der Waals surface area contributed by atoms with E-state index >= 15 is 0 Å². The van der Waals surface area contributed by atoms with Gasteiger partial charge >= 0.3 is 0 Å². The number of aryl methyl sites for hydroxylation is 1. The third kappa shape index (κ3) is 3.48. The molecule has 0 amide bonds. The van der Waals surface area contributed by atoms with Crippen LogP contribution in [0.2, 0.25) is 0 Å². The summed E-state index contributed by atoms with van der Waals surface area (Å²) in [5, 5.41) is 3.31. The van der Waals surface area contributed by atoms with Gasteiger partial charge in [-0.25, -0.2) is 4.39 Å². The number of benzene rings is 2. The quantitative estimate of drug-likeness (QED) is 0.747. The summed E-state index contributed by atoms with van der Waals surface area (Å²) >= 11 is 7.13. The Bertz CT molecular complexity index is 613. The first-order valence-electron chi connectivity index (χ1n) is 6.39. The third-order valence-corrected chi connectivity index (χ3v) is 5.23. The van der Waals surface area contributed by atoms with Crippen molar-refractivity contribution in [1.82, 2.24) is 5.32 Å². The Morgan fingerprint density at radius 1 is 1.20 bits per heavy atom. The highest BCUT2D eigenvalue weighted by Crippen LogP contribution is 2.30. The first kappa shape index (κ1) is 15.7. The molecule has 2 aromatic carbocycles. The molecule has 1 nitrogen and oxygen atoms in total. The monoisotopic (exact) mass is 399 g/mol. The smallest absolute Gasteiger partial charge is 0.123 e. The van der Waals surface area contributed by atoms with Crippen molar-refractivity contribution in [1.29, 1.82) is 0 Å². The number of likely N-dealkylation sites (N-methyl/N-ethyl adjacent to an activating group) is 1. The Labute approximate surface area is 135 Å². The molecule has 0 saturated heterocycles. The van der Waals surface area contributed by atoms with Gasteiger partial charge in [-0.15, -0.1) is 0 Å². The lowest BCUT2D eigenvalue weighted by atomic mass is 9.97. The number of hydrogen-bond donors (Lipinski definition) is 1. The van der Waals surface area contributed by atoms with Crippen LogP contribution < -0.4 is 5.32 Å². The molecular formula is C16H16Br2FN. The molecule has 0 aliphatic heterocycles. The molecule has 0 radical (unpaired) electrons. The molecule has 1 atom stereocenters. The normalized spacial score (nSPS) is 12.4. The van der Waals surface area contributed by atoms with E-state index < -0.39 is 0 Å². The minimum atomic E-state index is -0.207. The van der Waals surface area contributed by atoms with E-state index in [0.717, 1.165) is 20.9 Å². The van der Waals surface area contributed by atoms with Crippen molar-refractivity contribution < 1.29 is 4.39 Å². The zero-order valence-electron chi connectivity index (χ0n) is 11.4. The number of nitrogens with one attached hydrogen (secondary N) is 1. The SMILES string of the molecule is CNC(Cc1cc(F)ccc1Br)c1cccc(C)c1Br. The minimum Gasteiger partial charge on any atom is -0.313 e. The van der Waals surface area contributed by atoms with E-state index in [9.17, 15) is 4.39 Å². The van der Waals surface area contributed by atoms with Crippen molar-refractivity contribution in [2.24, 2.45) is 0 Å². The zero-order chi connectivity index (χ0) is 14.7. The van der Waals surface area contributed by atoms with Crippen LogP contribution in [-0.4, -0.2) is 7.05 Å². The molecule has 0 saturated carbocycles. The fourth-order valence-corrected chi connectivity index (χ4v) is 3.18. The van der Waals surface area contributed by atoms with Gasteiger partial charge in [0.2, 0.25) is 0 Å². The maximum atomic E-state index is 13.4. The average molecular weight is 401 g/mol. The molecular weight excluding hydrogens is 385 g/mol. The summed E-state index contributed by atoms with van der Waals surface area (Å²) in [6.07, 6.45) is 0.719. The van der Waals surface area contributed by atoms with Crippen LogP contribution in [0.4, 0.5) is 4.39 Å². The van der Waals surface area contributed by atoms with Gasteiger partial charge in [-0.05, 0) is 55.3 Å². The van der Waals surface area contributed by atoms with Crippen LogP contribution >= 0.6 is 31.9 Å². The Balaban J connectivity index is 2.34. The van der Waals surface area contributed by atoms with Gasteiger partial charge in [-0.1, -0.05) is 50.1 Å². The van der Waals surface area contributed by atoms with Gasteiger partial charge in [0, 0.05) is 15.0 Å². The summed E-state index contributed by atoms with van der Waals surface area (Å²) in [6, 6.07) is 11.1. The van der Waals surface area contributed by atoms with Crippen LogP contribution in [0.5, 0.6) is 0 Å². The number of halogens is 3. The molecule has 0 aromatic heterocycles. The molecule has 1 N–H and O–H groups in total. The maximum absolute atomic E-state index is 13.4. The lowest BCUT2D eigenvalue weighted by Gasteiger charge is -2.20. The first-order chi connectivity index (χ1) is 9.52. The molecule has 0 bridgehead atoms. The molecule has 2 rings (SSSR count). The van der Waals surface area contributed by atoms with E-state index in [4.69, 9.17) is 0 Å². The highest BCUT2D eigenvalue weighted by atomic mass is 79.9. The molecule has 1 unspecified atom stereocenters. The van der Waals surface area contributed by atoms with Gasteiger partial charge in [0.05, 0.1) is 0 Å². The predicted molar refractivity (Wildman–Crippen MR) is 88.5 cm³/mol. The standard InChI is InChI=1S/C16H16Br2FN/c1-10-4-3-5-13(16(10)18)15(20-2)9-11-8-12(19)6-7-14(11)17/h3-8,15,20H,9H2,1-2H3. The molecule has 0 heterocycles. The molecule has 2 aromatic rings. The molecule has 0 spiro atoms. The van der Waals surface area contributed by atoms with Crippen molar-refractivity contribution in [3.05, 3.63) is 67.9 Å². The zero-order valence-corrected chi connectivity index (χ0v) is 14.6. The van der Waals surface area contributed by atoms with Crippen LogP contribution in [0.1, 0.15) is 22.7 Å². The van der Waals surface area contributed by atoms with Crippen LogP contribution in [0, 0.1) is 12.7 Å². The third-order valence-electron chi connectivity index (χ3n) is 3.38. The number of rotatable bonds is 4. The van der Waals surface area contributed by atoms with E-state index in [1.807, 2.05) is 13.1 Å². The summed E-state index contributed by atoms with van der Waals surface area (Å²) < 4.78 is 15.4. The van der Waals surface area contributed by atoms with E-state index in [1.54, 1.807) is 12.1 Å². The van der Waals surface area contributed by atoms with Crippen molar-refractivity contribution in [2.75, 3.05) is 7.05 Å². The van der Waals surface area contributed by atoms with Crippen molar-refractivity contribution in [3.8, 4) is 0 Å². The van der Waals surface area contributed by atoms with Gasteiger partial charge in [0.1, 0.15) is 5.82 Å². The van der Waals surface area contributed by atoms with Gasteiger partial charge in [0.15, 0.2) is 0 Å². The summed E-state index contributed by atoms with van der Waals surface area (Å²) in [5.74, 6) is -0.207. The van der Waals surface area contributed by atoms with Crippen LogP contribution in [0.25, 0.3) is 0 Å². The summed E-state index contributed by atoms with van der Waals surface area (Å²) in [4.78, 5) is 0. The molecule has 4 heteroatoms. The molecule has 20 heavy (non-hydrogen) atoms. The summed E-state index contributed by atoms with van der Waals surface area (Å²) in [6.45, 7) is 2.07. The second kappa shape index (κ2) is 6.83. The lowest BCUT2D eigenvalue weighted by molar-refractivity contribution is 0.580. The van der Waals surface area contributed by atoms with E-state index in [-0.39, 0.29) is 11.9 Å². The Hall–Kier alpha value is -0.710. The molecule has 0 fully saturated rings. The maximum Gasteiger partial charge on any atom is 0.123 e. The summed E-state index contributed by atoms with van der Waals surface area (Å²) in [5.41, 5.74) is 3.34. The van der Waals surface area contributed by atoms with E-state index in [2.05, 4.69) is 56.2 Å². The van der Waals surface area contributed by atoms with Gasteiger partial charge in [0.25, 0.3) is 0 Å². The second-order valence-corrected chi connectivity index (χ2v) is 6.41. The van der Waals surface area contributed by atoms with Crippen molar-refractivity contribution in [2.45, 2.75) is 19.4 Å². The topological polar surface area (TPSA) is 12.0 Å². The molecule has 106 valence electrons. The lowest BCUT2D eigenvalue weighted by Crippen LogP contribution is -2.19. The fraction of sp³-hybridized carbons (Fsp3) is 0.250. The molecule has 0 aliphatic carbocycles. The summed E-state index contributed by atoms with van der Waals surface area (Å²) in [7, 11) is 1.92. The van der Waals surface area contributed by atoms with Gasteiger partial charge < -0.3 is 5.32 Å². The Morgan fingerprint density at radius 3 is 2.65 bits per heavy atom. The van der Waals surface area contributed by atoms with Gasteiger partial charge in [-0.3, -0.25) is 0 Å². The first-order valence-corrected chi connectivity index (χ1v) is 7.97. The van der Waals surface area contributed by atoms with Crippen molar-refractivity contribution in [3.63, 3.8) is 0 Å². The van der Waals surface area contributed by atoms with Crippen LogP contribution in [0.15, 0.2) is 45.3 Å². The fourth-order valence-electron chi connectivity index (χ4n) is 2.23. The van der Waals surface area contributed by atoms with E-state index in [0.29, 0.717) is 0 Å². The highest BCUT2D eigenvalue weighted by Gasteiger charge is 2.16. The Kier molecular flexibility index (Phi) is 5.35. The minimum absolute atomic E-state index is 0.127. The van der Waals surface area contributed by atoms with Gasteiger partial charge in [-0.2, -0.15) is 0 Å². The van der Waals surface area contributed by atoms with Crippen LogP contribution in [-0.2, 0) is 6.42 Å². The van der Waals surface area contributed by atoms with Crippen LogP contribution in [0.3, 0.4) is 0 Å². The molecule has 0 aliphatic rings. The van der Waals surface area contributed by atoms with Crippen molar-refractivity contribution >= 4 is 31.9 Å². The number of hydrogen-bond acceptors (Lipinski definition) is 1. The predicted octanol–water partition coefficient (Wildman–Crippen LogP) is 5.16.